The van der Waals surface area contributed by atoms with Crippen LogP contribution in [0, 0.1) is 0 Å². The predicted octanol–water partition coefficient (Wildman–Crippen LogP) is 2.10. The van der Waals surface area contributed by atoms with Crippen LogP contribution in [0.15, 0.2) is 55.6 Å². The van der Waals surface area contributed by atoms with Gasteiger partial charge in [0.25, 0.3) is 0 Å². The summed E-state index contributed by atoms with van der Waals surface area (Å²) in [4.78, 5) is 19.2. The molecule has 0 radical (unpaired) electrons. The van der Waals surface area contributed by atoms with Crippen molar-refractivity contribution in [2.75, 3.05) is 0 Å². The van der Waals surface area contributed by atoms with Crippen molar-refractivity contribution in [2.45, 2.75) is 0 Å². The van der Waals surface area contributed by atoms with Crippen molar-refractivity contribution in [2.24, 2.45) is 0 Å². The standard InChI is InChI=1S/C13H10N2O2/c1-10(11-5-3-2-4-6-11)13(16)17-12-7-14-9-15-8-12/h2-9H,1H2. The fraction of sp³-hybridized carbons (Fsp3) is 0. The molecule has 1 aromatic carbocycles. The fourth-order valence-corrected chi connectivity index (χ4v) is 1.26. The van der Waals surface area contributed by atoms with Crippen LogP contribution in [-0.4, -0.2) is 15.9 Å². The molecule has 0 aliphatic carbocycles. The molecule has 0 fully saturated rings. The number of hydrogen-bond donors (Lipinski definition) is 0. The van der Waals surface area contributed by atoms with E-state index in [2.05, 4.69) is 16.5 Å². The second-order valence-corrected chi connectivity index (χ2v) is 3.31. The van der Waals surface area contributed by atoms with E-state index in [9.17, 15) is 4.79 Å². The molecule has 0 spiro atoms. The smallest absolute Gasteiger partial charge is 0.343 e. The molecule has 0 aliphatic heterocycles. The Morgan fingerprint density at radius 3 is 2.41 bits per heavy atom. The quantitative estimate of drug-likeness (QED) is 0.594. The maximum Gasteiger partial charge on any atom is 0.343 e. The number of nitrogens with zero attached hydrogens (tertiary/aromatic N) is 2. The predicted molar refractivity (Wildman–Crippen MR) is 63.1 cm³/mol. The zero-order valence-corrected chi connectivity index (χ0v) is 9.04. The molecular weight excluding hydrogens is 216 g/mol. The molecule has 0 aliphatic rings. The minimum Gasteiger partial charge on any atom is -0.420 e. The first kappa shape index (κ1) is 11.0. The van der Waals surface area contributed by atoms with Gasteiger partial charge < -0.3 is 4.74 Å². The normalized spacial score (nSPS) is 9.65. The monoisotopic (exact) mass is 226 g/mol. The summed E-state index contributed by atoms with van der Waals surface area (Å²) in [5.74, 6) is -0.208. The molecule has 0 N–H and O–H groups in total. The Morgan fingerprint density at radius 1 is 1.12 bits per heavy atom. The molecule has 1 aromatic heterocycles. The van der Waals surface area contributed by atoms with Gasteiger partial charge in [0.2, 0.25) is 0 Å². The highest BCUT2D eigenvalue weighted by Gasteiger charge is 2.11. The lowest BCUT2D eigenvalue weighted by Crippen LogP contribution is -2.09. The lowest BCUT2D eigenvalue weighted by Gasteiger charge is -2.05. The summed E-state index contributed by atoms with van der Waals surface area (Å²) in [6.45, 7) is 3.71. The van der Waals surface area contributed by atoms with E-state index in [1.54, 1.807) is 12.1 Å². The number of benzene rings is 1. The summed E-state index contributed by atoms with van der Waals surface area (Å²) in [7, 11) is 0. The first-order valence-electron chi connectivity index (χ1n) is 4.99. The van der Waals surface area contributed by atoms with Crippen molar-refractivity contribution in [3.8, 4) is 5.75 Å². The van der Waals surface area contributed by atoms with E-state index in [1.807, 2.05) is 18.2 Å². The largest absolute Gasteiger partial charge is 0.420 e. The summed E-state index contributed by atoms with van der Waals surface area (Å²) in [5, 5.41) is 0. The van der Waals surface area contributed by atoms with Crippen LogP contribution in [-0.2, 0) is 4.79 Å². The maximum atomic E-state index is 11.7. The number of aromatic nitrogens is 2. The van der Waals surface area contributed by atoms with Crippen LogP contribution in [0.3, 0.4) is 0 Å². The Morgan fingerprint density at radius 2 is 1.76 bits per heavy atom. The Hall–Kier alpha value is -2.49. The first-order chi connectivity index (χ1) is 8.27. The molecule has 2 rings (SSSR count). The molecule has 17 heavy (non-hydrogen) atoms. The highest BCUT2D eigenvalue weighted by atomic mass is 16.5. The van der Waals surface area contributed by atoms with Crippen LogP contribution >= 0.6 is 0 Å². The van der Waals surface area contributed by atoms with Gasteiger partial charge in [-0.2, -0.15) is 0 Å². The van der Waals surface area contributed by atoms with Gasteiger partial charge >= 0.3 is 5.97 Å². The first-order valence-corrected chi connectivity index (χ1v) is 4.99. The van der Waals surface area contributed by atoms with Crippen LogP contribution < -0.4 is 4.74 Å². The highest BCUT2D eigenvalue weighted by molar-refractivity contribution is 6.16. The van der Waals surface area contributed by atoms with Gasteiger partial charge in [-0.1, -0.05) is 36.9 Å². The molecule has 4 nitrogen and oxygen atoms in total. The molecule has 0 amide bonds. The van der Waals surface area contributed by atoms with Crippen molar-refractivity contribution in [1.82, 2.24) is 9.97 Å². The molecule has 0 atom stereocenters. The Kier molecular flexibility index (Phi) is 3.25. The molecule has 0 bridgehead atoms. The molecule has 0 saturated carbocycles. The molecular formula is C13H10N2O2. The van der Waals surface area contributed by atoms with Crippen molar-refractivity contribution < 1.29 is 9.53 Å². The van der Waals surface area contributed by atoms with Gasteiger partial charge in [0.05, 0.1) is 18.0 Å². The van der Waals surface area contributed by atoms with Crippen LogP contribution in [0.25, 0.3) is 5.57 Å². The van der Waals surface area contributed by atoms with Gasteiger partial charge in [-0.25, -0.2) is 14.8 Å². The van der Waals surface area contributed by atoms with Gasteiger partial charge in [0, 0.05) is 0 Å². The number of carbonyl (C=O) groups is 1. The van der Waals surface area contributed by atoms with Crippen LogP contribution in [0.1, 0.15) is 5.56 Å². The Bertz CT molecular complexity index is 524. The number of carbonyl (C=O) groups excluding carboxylic acids is 1. The summed E-state index contributed by atoms with van der Waals surface area (Å²) in [5.41, 5.74) is 1.03. The van der Waals surface area contributed by atoms with E-state index in [0.717, 1.165) is 5.56 Å². The summed E-state index contributed by atoms with van der Waals surface area (Å²) in [6, 6.07) is 9.13. The second-order valence-electron chi connectivity index (χ2n) is 3.31. The third-order valence-electron chi connectivity index (χ3n) is 2.12. The highest BCUT2D eigenvalue weighted by Crippen LogP contribution is 2.15. The maximum absolute atomic E-state index is 11.7. The SMILES string of the molecule is C=C(C(=O)Oc1cncnc1)c1ccccc1. The number of esters is 1. The van der Waals surface area contributed by atoms with Gasteiger partial charge in [0.1, 0.15) is 6.33 Å². The van der Waals surface area contributed by atoms with E-state index < -0.39 is 5.97 Å². The molecule has 1 heterocycles. The Balaban J connectivity index is 2.09. The topological polar surface area (TPSA) is 52.1 Å². The van der Waals surface area contributed by atoms with E-state index in [4.69, 9.17) is 4.74 Å². The van der Waals surface area contributed by atoms with E-state index in [0.29, 0.717) is 11.3 Å². The fourth-order valence-electron chi connectivity index (χ4n) is 1.26. The molecule has 0 unspecified atom stereocenters. The minimum absolute atomic E-state index is 0.300. The average Bonchev–Trinajstić information content (AvgIpc) is 2.40. The van der Waals surface area contributed by atoms with Gasteiger partial charge in [-0.15, -0.1) is 0 Å². The lowest BCUT2D eigenvalue weighted by molar-refractivity contribution is -0.127. The van der Waals surface area contributed by atoms with Crippen LogP contribution in [0.5, 0.6) is 5.75 Å². The van der Waals surface area contributed by atoms with Crippen molar-refractivity contribution >= 4 is 11.5 Å². The molecule has 2 aromatic rings. The van der Waals surface area contributed by atoms with Crippen molar-refractivity contribution in [3.05, 3.63) is 61.2 Å². The van der Waals surface area contributed by atoms with Gasteiger partial charge in [0.15, 0.2) is 5.75 Å². The Labute approximate surface area is 98.6 Å². The zero-order valence-electron chi connectivity index (χ0n) is 9.04. The third kappa shape index (κ3) is 2.75. The number of rotatable bonds is 3. The number of hydrogen-bond acceptors (Lipinski definition) is 4. The van der Waals surface area contributed by atoms with Crippen LogP contribution in [0.2, 0.25) is 0 Å². The molecule has 4 heteroatoms. The van der Waals surface area contributed by atoms with Crippen LogP contribution in [0.4, 0.5) is 0 Å². The van der Waals surface area contributed by atoms with E-state index in [-0.39, 0.29) is 0 Å². The van der Waals surface area contributed by atoms with Gasteiger partial charge in [-0.3, -0.25) is 0 Å². The van der Waals surface area contributed by atoms with E-state index in [1.165, 1.54) is 18.7 Å². The minimum atomic E-state index is -0.508. The molecule has 84 valence electrons. The lowest BCUT2D eigenvalue weighted by atomic mass is 10.1. The molecule has 0 saturated heterocycles. The van der Waals surface area contributed by atoms with E-state index >= 15 is 0 Å². The summed E-state index contributed by atoms with van der Waals surface area (Å²) < 4.78 is 5.07. The zero-order chi connectivity index (χ0) is 12.1. The average molecular weight is 226 g/mol. The van der Waals surface area contributed by atoms with Crippen molar-refractivity contribution in [3.63, 3.8) is 0 Å². The summed E-state index contributed by atoms with van der Waals surface area (Å²) >= 11 is 0. The number of ether oxygens (including phenoxy) is 1. The third-order valence-corrected chi connectivity index (χ3v) is 2.12. The second kappa shape index (κ2) is 5.03. The van der Waals surface area contributed by atoms with Crippen molar-refractivity contribution in [1.29, 1.82) is 0 Å². The summed E-state index contributed by atoms with van der Waals surface area (Å²) in [6.07, 6.45) is 4.20. The van der Waals surface area contributed by atoms with Gasteiger partial charge in [-0.05, 0) is 5.56 Å².